The highest BCUT2D eigenvalue weighted by Gasteiger charge is 2.31. The summed E-state index contributed by atoms with van der Waals surface area (Å²) < 4.78 is 0. The number of carbonyl (C=O) groups is 2. The summed E-state index contributed by atoms with van der Waals surface area (Å²) in [6.45, 7) is 3.80. The van der Waals surface area contributed by atoms with Gasteiger partial charge < -0.3 is 10.6 Å². The Bertz CT molecular complexity index is 757. The van der Waals surface area contributed by atoms with E-state index in [2.05, 4.69) is 10.3 Å². The first-order valence-corrected chi connectivity index (χ1v) is 6.73. The molecule has 108 valence electrons. The Hall–Kier alpha value is -2.63. The number of rotatable bonds is 1. The van der Waals surface area contributed by atoms with Gasteiger partial charge in [-0.3, -0.25) is 19.9 Å². The van der Waals surface area contributed by atoms with E-state index >= 15 is 0 Å². The fourth-order valence-corrected chi connectivity index (χ4v) is 2.60. The van der Waals surface area contributed by atoms with Gasteiger partial charge in [0.05, 0.1) is 12.1 Å². The van der Waals surface area contributed by atoms with Gasteiger partial charge in [0, 0.05) is 22.5 Å². The van der Waals surface area contributed by atoms with E-state index in [0.717, 1.165) is 22.3 Å². The van der Waals surface area contributed by atoms with Crippen LogP contribution >= 0.6 is 0 Å². The number of aromatic nitrogens is 1. The highest BCUT2D eigenvalue weighted by atomic mass is 16.2. The Labute approximate surface area is 121 Å². The molecule has 2 aromatic rings. The van der Waals surface area contributed by atoms with Crippen LogP contribution in [0.1, 0.15) is 12.6 Å². The summed E-state index contributed by atoms with van der Waals surface area (Å²) in [5, 5.41) is 3.19. The van der Waals surface area contributed by atoms with Crippen molar-refractivity contribution in [3.63, 3.8) is 0 Å². The lowest BCUT2D eigenvalue weighted by Gasteiger charge is -2.34. The Morgan fingerprint density at radius 1 is 1.33 bits per heavy atom. The highest BCUT2D eigenvalue weighted by molar-refractivity contribution is 6.06. The number of aryl methyl sites for hydroxylation is 1. The largest absolute Gasteiger partial charge is 0.399 e. The van der Waals surface area contributed by atoms with Crippen LogP contribution in [0.5, 0.6) is 0 Å². The first kappa shape index (κ1) is 13.4. The normalized spacial score (nSPS) is 19.0. The first-order chi connectivity index (χ1) is 9.95. The van der Waals surface area contributed by atoms with Crippen molar-refractivity contribution in [3.05, 3.63) is 30.0 Å². The van der Waals surface area contributed by atoms with Crippen LogP contribution in [0.4, 0.5) is 11.4 Å². The molecule has 0 radical (unpaired) electrons. The predicted octanol–water partition coefficient (Wildman–Crippen LogP) is 0.977. The topological polar surface area (TPSA) is 88.3 Å². The summed E-state index contributed by atoms with van der Waals surface area (Å²) in [5.41, 5.74) is 8.91. The van der Waals surface area contributed by atoms with Crippen molar-refractivity contribution in [2.75, 3.05) is 17.2 Å². The molecule has 3 N–H and O–H groups in total. The summed E-state index contributed by atoms with van der Waals surface area (Å²) in [6, 6.07) is 6.91. The van der Waals surface area contributed by atoms with Crippen molar-refractivity contribution in [3.8, 4) is 0 Å². The molecule has 0 bridgehead atoms. The lowest BCUT2D eigenvalue weighted by atomic mass is 10.1. The van der Waals surface area contributed by atoms with Crippen molar-refractivity contribution in [2.24, 2.45) is 0 Å². The molecule has 0 spiro atoms. The van der Waals surface area contributed by atoms with Crippen LogP contribution in [-0.2, 0) is 9.59 Å². The third-order valence-corrected chi connectivity index (χ3v) is 3.67. The second-order valence-electron chi connectivity index (χ2n) is 5.28. The molecule has 1 aliphatic heterocycles. The van der Waals surface area contributed by atoms with Gasteiger partial charge in [-0.05, 0) is 38.1 Å². The zero-order valence-electron chi connectivity index (χ0n) is 11.9. The Kier molecular flexibility index (Phi) is 3.01. The predicted molar refractivity (Wildman–Crippen MR) is 80.9 cm³/mol. The fraction of sp³-hybridized carbons (Fsp3) is 0.267. The maximum absolute atomic E-state index is 11.9. The van der Waals surface area contributed by atoms with Gasteiger partial charge in [0.15, 0.2) is 0 Å². The number of nitrogen functional groups attached to an aromatic ring is 1. The summed E-state index contributed by atoms with van der Waals surface area (Å²) >= 11 is 0. The molecule has 1 saturated heterocycles. The zero-order chi connectivity index (χ0) is 15.1. The molecular weight excluding hydrogens is 268 g/mol. The molecule has 6 nitrogen and oxygen atoms in total. The molecule has 1 fully saturated rings. The molecule has 2 heterocycles. The van der Waals surface area contributed by atoms with Gasteiger partial charge in [-0.2, -0.15) is 0 Å². The Morgan fingerprint density at radius 3 is 2.86 bits per heavy atom. The summed E-state index contributed by atoms with van der Waals surface area (Å²) in [4.78, 5) is 29.8. The van der Waals surface area contributed by atoms with Crippen LogP contribution in [0.3, 0.4) is 0 Å². The van der Waals surface area contributed by atoms with Gasteiger partial charge in [0.2, 0.25) is 11.8 Å². The second-order valence-corrected chi connectivity index (χ2v) is 5.28. The number of benzene rings is 1. The molecule has 1 aromatic heterocycles. The highest BCUT2D eigenvalue weighted by Crippen LogP contribution is 2.30. The van der Waals surface area contributed by atoms with Crippen LogP contribution in [0.15, 0.2) is 24.3 Å². The lowest BCUT2D eigenvalue weighted by molar-refractivity contribution is -0.132. The van der Waals surface area contributed by atoms with Crippen LogP contribution in [-0.4, -0.2) is 29.4 Å². The van der Waals surface area contributed by atoms with Crippen molar-refractivity contribution in [1.29, 1.82) is 0 Å². The van der Waals surface area contributed by atoms with Crippen molar-refractivity contribution < 1.29 is 9.59 Å². The van der Waals surface area contributed by atoms with E-state index in [9.17, 15) is 9.59 Å². The molecule has 1 unspecified atom stereocenters. The lowest BCUT2D eigenvalue weighted by Crippen LogP contribution is -2.57. The molecule has 2 amide bonds. The number of fused-ring (bicyclic) bond motifs is 1. The van der Waals surface area contributed by atoms with Gasteiger partial charge in [0.1, 0.15) is 6.04 Å². The molecular formula is C15H16N4O2. The number of nitrogens with zero attached hydrogens (tertiary/aromatic N) is 2. The van der Waals surface area contributed by atoms with Gasteiger partial charge in [-0.15, -0.1) is 0 Å². The standard InChI is InChI=1S/C15H16N4O2/c1-8-5-13(11-6-10(16)3-4-12(11)17-8)19-7-14(20)18-15(21)9(19)2/h3-6,9H,7,16H2,1-2H3,(H,18,20,21). The number of carbonyl (C=O) groups excluding carboxylic acids is 2. The molecule has 21 heavy (non-hydrogen) atoms. The average Bonchev–Trinajstić information content (AvgIpc) is 2.42. The van der Waals surface area contributed by atoms with Crippen LogP contribution in [0.2, 0.25) is 0 Å². The van der Waals surface area contributed by atoms with E-state index in [1.807, 2.05) is 25.1 Å². The number of hydrogen-bond donors (Lipinski definition) is 2. The van der Waals surface area contributed by atoms with Gasteiger partial charge in [0.25, 0.3) is 0 Å². The first-order valence-electron chi connectivity index (χ1n) is 6.73. The number of nitrogens with one attached hydrogen (secondary N) is 1. The minimum absolute atomic E-state index is 0.139. The maximum Gasteiger partial charge on any atom is 0.249 e. The number of nitrogens with two attached hydrogens (primary N) is 1. The van der Waals surface area contributed by atoms with Gasteiger partial charge in [-0.25, -0.2) is 0 Å². The van der Waals surface area contributed by atoms with Gasteiger partial charge in [-0.1, -0.05) is 0 Å². The van der Waals surface area contributed by atoms with E-state index in [1.54, 1.807) is 17.9 Å². The van der Waals surface area contributed by atoms with E-state index < -0.39 is 6.04 Å². The van der Waals surface area contributed by atoms with Crippen molar-refractivity contribution in [1.82, 2.24) is 10.3 Å². The Morgan fingerprint density at radius 2 is 2.10 bits per heavy atom. The minimum Gasteiger partial charge on any atom is -0.399 e. The smallest absolute Gasteiger partial charge is 0.249 e. The fourth-order valence-electron chi connectivity index (χ4n) is 2.60. The summed E-state index contributed by atoms with van der Waals surface area (Å²) in [6.07, 6.45) is 0. The third-order valence-electron chi connectivity index (χ3n) is 3.67. The molecule has 6 heteroatoms. The summed E-state index contributed by atoms with van der Waals surface area (Å²) in [5.74, 6) is -0.595. The summed E-state index contributed by atoms with van der Waals surface area (Å²) in [7, 11) is 0. The van der Waals surface area contributed by atoms with Crippen molar-refractivity contribution in [2.45, 2.75) is 19.9 Å². The third kappa shape index (κ3) is 2.29. The number of piperazine rings is 1. The number of hydrogen-bond acceptors (Lipinski definition) is 5. The van der Waals surface area contributed by atoms with Crippen molar-refractivity contribution >= 4 is 34.1 Å². The molecule has 3 rings (SSSR count). The molecule has 1 atom stereocenters. The van der Waals surface area contributed by atoms with Crippen LogP contribution in [0, 0.1) is 6.92 Å². The van der Waals surface area contributed by atoms with Gasteiger partial charge >= 0.3 is 0 Å². The second kappa shape index (κ2) is 4.73. The molecule has 0 aliphatic carbocycles. The van der Waals surface area contributed by atoms with E-state index in [1.165, 1.54) is 0 Å². The maximum atomic E-state index is 11.9. The van der Waals surface area contributed by atoms with Crippen LogP contribution in [0.25, 0.3) is 10.9 Å². The number of anilines is 2. The average molecular weight is 284 g/mol. The van der Waals surface area contributed by atoms with Crippen LogP contribution < -0.4 is 16.0 Å². The molecule has 1 aliphatic rings. The monoisotopic (exact) mass is 284 g/mol. The van der Waals surface area contributed by atoms with E-state index in [0.29, 0.717) is 5.69 Å². The number of pyridine rings is 1. The quantitative estimate of drug-likeness (QED) is 0.602. The Balaban J connectivity index is 2.20. The number of imide groups is 1. The number of amides is 2. The van der Waals surface area contributed by atoms with E-state index in [4.69, 9.17) is 5.73 Å². The SMILES string of the molecule is Cc1cc(N2CC(=O)NC(=O)C2C)c2cc(N)ccc2n1. The minimum atomic E-state index is -0.422. The molecule has 1 aromatic carbocycles. The van der Waals surface area contributed by atoms with E-state index in [-0.39, 0.29) is 18.4 Å². The zero-order valence-corrected chi connectivity index (χ0v) is 11.9. The molecule has 0 saturated carbocycles.